The van der Waals surface area contributed by atoms with Crippen LogP contribution in [0.5, 0.6) is 0 Å². The molecule has 2 atom stereocenters. The molecule has 0 spiro atoms. The number of rotatable bonds is 1. The predicted octanol–water partition coefficient (Wildman–Crippen LogP) is 0.947. The van der Waals surface area contributed by atoms with Crippen LogP contribution in [0.15, 0.2) is 0 Å². The molecule has 6 nitrogen and oxygen atoms in total. The van der Waals surface area contributed by atoms with E-state index in [0.717, 1.165) is 30.9 Å². The average Bonchev–Trinajstić information content (AvgIpc) is 2.49. The van der Waals surface area contributed by atoms with Crippen molar-refractivity contribution in [2.45, 2.75) is 39.3 Å². The van der Waals surface area contributed by atoms with Crippen molar-refractivity contribution in [1.29, 1.82) is 0 Å². The van der Waals surface area contributed by atoms with Gasteiger partial charge in [-0.1, -0.05) is 0 Å². The van der Waals surface area contributed by atoms with Crippen LogP contribution in [0.25, 0.3) is 0 Å². The highest BCUT2D eigenvalue weighted by atomic mass is 16.5. The lowest BCUT2D eigenvalue weighted by Crippen LogP contribution is -2.61. The zero-order valence-corrected chi connectivity index (χ0v) is 13.8. The topological polar surface area (TPSA) is 58.6 Å². The van der Waals surface area contributed by atoms with Gasteiger partial charge in [0.1, 0.15) is 5.69 Å². The van der Waals surface area contributed by atoms with Crippen LogP contribution in [0.4, 0.5) is 0 Å². The number of hydrogen-bond acceptors (Lipinski definition) is 5. The average molecular weight is 304 g/mol. The Morgan fingerprint density at radius 1 is 1.14 bits per heavy atom. The van der Waals surface area contributed by atoms with Crippen molar-refractivity contribution in [3.63, 3.8) is 0 Å². The molecule has 1 aromatic rings. The van der Waals surface area contributed by atoms with Gasteiger partial charge in [-0.25, -0.2) is 4.98 Å². The fourth-order valence-corrected chi connectivity index (χ4v) is 3.34. The van der Waals surface area contributed by atoms with Gasteiger partial charge in [0.15, 0.2) is 0 Å². The summed E-state index contributed by atoms with van der Waals surface area (Å²) >= 11 is 0. The third-order valence-electron chi connectivity index (χ3n) is 4.73. The summed E-state index contributed by atoms with van der Waals surface area (Å²) in [6.07, 6.45) is 1.12. The van der Waals surface area contributed by atoms with Gasteiger partial charge in [0.25, 0.3) is 5.91 Å². The molecule has 0 bridgehead atoms. The van der Waals surface area contributed by atoms with Crippen molar-refractivity contribution < 1.29 is 9.53 Å². The van der Waals surface area contributed by atoms with E-state index in [1.807, 2.05) is 25.7 Å². The van der Waals surface area contributed by atoms with E-state index in [1.165, 1.54) is 0 Å². The van der Waals surface area contributed by atoms with E-state index in [-0.39, 0.29) is 18.1 Å². The number of morpholine rings is 1. The molecule has 3 rings (SSSR count). The number of ether oxygens (including phenoxy) is 1. The number of likely N-dealkylation sites (tertiary alicyclic amines) is 1. The van der Waals surface area contributed by atoms with Crippen LogP contribution in [0, 0.1) is 20.8 Å². The number of carbonyl (C=O) groups excluding carboxylic acids is 1. The van der Waals surface area contributed by atoms with Crippen LogP contribution in [0.3, 0.4) is 0 Å². The minimum Gasteiger partial charge on any atom is -0.374 e. The summed E-state index contributed by atoms with van der Waals surface area (Å²) in [7, 11) is 2.09. The van der Waals surface area contributed by atoms with Gasteiger partial charge in [-0.2, -0.15) is 0 Å². The largest absolute Gasteiger partial charge is 0.374 e. The van der Waals surface area contributed by atoms with Gasteiger partial charge in [-0.15, -0.1) is 0 Å². The first kappa shape index (κ1) is 15.4. The summed E-state index contributed by atoms with van der Waals surface area (Å²) in [5, 5.41) is 0. The number of aryl methyl sites for hydroxylation is 3. The number of fused-ring (bicyclic) bond motifs is 1. The van der Waals surface area contributed by atoms with E-state index in [4.69, 9.17) is 4.74 Å². The summed E-state index contributed by atoms with van der Waals surface area (Å²) in [5.41, 5.74) is 2.89. The Bertz CT molecular complexity index is 590. The lowest BCUT2D eigenvalue weighted by atomic mass is 9.98. The molecule has 22 heavy (non-hydrogen) atoms. The summed E-state index contributed by atoms with van der Waals surface area (Å²) in [6, 6.07) is 0.114. The van der Waals surface area contributed by atoms with Crippen molar-refractivity contribution in [2.75, 3.05) is 33.3 Å². The predicted molar refractivity (Wildman–Crippen MR) is 82.9 cm³/mol. The Hall–Kier alpha value is -1.53. The maximum Gasteiger partial charge on any atom is 0.274 e. The molecule has 3 heterocycles. The smallest absolute Gasteiger partial charge is 0.274 e. The van der Waals surface area contributed by atoms with Crippen LogP contribution >= 0.6 is 0 Å². The van der Waals surface area contributed by atoms with Gasteiger partial charge in [0.05, 0.1) is 35.8 Å². The molecule has 0 aromatic carbocycles. The molecule has 0 aliphatic carbocycles. The highest BCUT2D eigenvalue weighted by Gasteiger charge is 2.39. The van der Waals surface area contributed by atoms with Crippen molar-refractivity contribution in [3.05, 3.63) is 22.8 Å². The number of aromatic nitrogens is 2. The van der Waals surface area contributed by atoms with Gasteiger partial charge < -0.3 is 14.5 Å². The zero-order chi connectivity index (χ0) is 15.9. The SMILES string of the molecule is Cc1nc(C)c(C(=O)N2CCOC3CCN(C)CC32)nc1C. The van der Waals surface area contributed by atoms with E-state index < -0.39 is 0 Å². The maximum atomic E-state index is 13.0. The highest BCUT2D eigenvalue weighted by molar-refractivity contribution is 5.93. The Labute approximate surface area is 131 Å². The molecule has 1 amide bonds. The van der Waals surface area contributed by atoms with Crippen LogP contribution in [0.2, 0.25) is 0 Å². The van der Waals surface area contributed by atoms with Crippen LogP contribution in [-0.2, 0) is 4.74 Å². The second-order valence-corrected chi connectivity index (χ2v) is 6.35. The molecular formula is C16H24N4O2. The summed E-state index contributed by atoms with van der Waals surface area (Å²) in [5.74, 6) is -0.0123. The van der Waals surface area contributed by atoms with Crippen LogP contribution in [-0.4, -0.2) is 71.1 Å². The van der Waals surface area contributed by atoms with Crippen molar-refractivity contribution in [3.8, 4) is 0 Å². The third kappa shape index (κ3) is 2.73. The van der Waals surface area contributed by atoms with E-state index in [0.29, 0.717) is 24.5 Å². The molecular weight excluding hydrogens is 280 g/mol. The Morgan fingerprint density at radius 2 is 1.86 bits per heavy atom. The van der Waals surface area contributed by atoms with Crippen LogP contribution in [0.1, 0.15) is 34.0 Å². The second kappa shape index (κ2) is 5.93. The number of piperidine rings is 1. The van der Waals surface area contributed by atoms with Crippen LogP contribution < -0.4 is 0 Å². The van der Waals surface area contributed by atoms with Crippen molar-refractivity contribution in [2.24, 2.45) is 0 Å². The molecule has 1 aromatic heterocycles. The van der Waals surface area contributed by atoms with Crippen molar-refractivity contribution in [1.82, 2.24) is 19.8 Å². The molecule has 6 heteroatoms. The minimum atomic E-state index is -0.0123. The Morgan fingerprint density at radius 3 is 2.64 bits per heavy atom. The summed E-state index contributed by atoms with van der Waals surface area (Å²) < 4.78 is 5.86. The van der Waals surface area contributed by atoms with Gasteiger partial charge in [-0.3, -0.25) is 9.78 Å². The van der Waals surface area contributed by atoms with Gasteiger partial charge >= 0.3 is 0 Å². The van der Waals surface area contributed by atoms with E-state index in [2.05, 4.69) is 21.9 Å². The normalized spacial score (nSPS) is 25.9. The molecule has 0 saturated carbocycles. The first-order valence-electron chi connectivity index (χ1n) is 7.90. The van der Waals surface area contributed by atoms with E-state index >= 15 is 0 Å². The standard InChI is InChI=1S/C16H24N4O2/c1-10-11(2)18-15(12(3)17-10)16(21)20-7-8-22-14-5-6-19(4)9-13(14)20/h13-14H,5-9H2,1-4H3. The number of amides is 1. The third-order valence-corrected chi connectivity index (χ3v) is 4.73. The first-order valence-corrected chi connectivity index (χ1v) is 7.90. The lowest BCUT2D eigenvalue weighted by molar-refractivity contribution is -0.0871. The van der Waals surface area contributed by atoms with E-state index in [1.54, 1.807) is 0 Å². The maximum absolute atomic E-state index is 13.0. The van der Waals surface area contributed by atoms with Gasteiger partial charge in [-0.05, 0) is 34.2 Å². The monoisotopic (exact) mass is 304 g/mol. The second-order valence-electron chi connectivity index (χ2n) is 6.35. The molecule has 0 radical (unpaired) electrons. The molecule has 0 N–H and O–H groups in total. The molecule has 2 aliphatic rings. The zero-order valence-electron chi connectivity index (χ0n) is 13.8. The molecule has 2 aliphatic heterocycles. The summed E-state index contributed by atoms with van der Waals surface area (Å²) in [6.45, 7) is 8.78. The molecule has 2 saturated heterocycles. The number of nitrogens with zero attached hydrogens (tertiary/aromatic N) is 4. The fraction of sp³-hybridized carbons (Fsp3) is 0.688. The Kier molecular flexibility index (Phi) is 4.14. The van der Waals surface area contributed by atoms with Gasteiger partial charge in [0, 0.05) is 19.6 Å². The van der Waals surface area contributed by atoms with Crippen molar-refractivity contribution >= 4 is 5.91 Å². The molecule has 2 fully saturated rings. The molecule has 120 valence electrons. The van der Waals surface area contributed by atoms with E-state index in [9.17, 15) is 4.79 Å². The van der Waals surface area contributed by atoms with Gasteiger partial charge in [0.2, 0.25) is 0 Å². The number of carbonyl (C=O) groups is 1. The fourth-order valence-electron chi connectivity index (χ4n) is 3.34. The number of hydrogen-bond donors (Lipinski definition) is 0. The first-order chi connectivity index (χ1) is 10.5. The lowest BCUT2D eigenvalue weighted by Gasteiger charge is -2.46. The number of likely N-dealkylation sites (N-methyl/N-ethyl adjacent to an activating group) is 1. The quantitative estimate of drug-likeness (QED) is 0.773. The highest BCUT2D eigenvalue weighted by Crippen LogP contribution is 2.24. The minimum absolute atomic E-state index is 0.0123. The Balaban J connectivity index is 1.89. The molecule has 2 unspecified atom stereocenters. The summed E-state index contributed by atoms with van der Waals surface area (Å²) in [4.78, 5) is 26.1.